The van der Waals surface area contributed by atoms with E-state index in [-0.39, 0.29) is 20.1 Å². The molecule has 0 unspecified atom stereocenters. The molecule has 3 aromatic rings. The Morgan fingerprint density at radius 1 is 1.00 bits per heavy atom. The van der Waals surface area contributed by atoms with E-state index >= 15 is 0 Å². The maximum atomic E-state index is 13.0. The molecule has 0 atom stereocenters. The topological polar surface area (TPSA) is 46.2 Å². The quantitative estimate of drug-likeness (QED) is 0.511. The second-order valence-corrected chi connectivity index (χ2v) is 8.30. The largest absolute Gasteiger partial charge is 0.417 e. The third-order valence-corrected chi connectivity index (χ3v) is 6.06. The van der Waals surface area contributed by atoms with Crippen LogP contribution in [0.5, 0.6) is 0 Å². The Morgan fingerprint density at radius 2 is 1.65 bits per heavy atom. The van der Waals surface area contributed by atoms with Crippen LogP contribution in [-0.2, 0) is 16.2 Å². The first kappa shape index (κ1) is 19.0. The first-order valence-electron chi connectivity index (χ1n) is 7.16. The lowest BCUT2D eigenvalue weighted by Gasteiger charge is -2.14. The maximum absolute atomic E-state index is 13.0. The fraction of sp³-hybridized carbons (Fsp3) is 0.0588. The fourth-order valence-corrected chi connectivity index (χ4v) is 4.61. The van der Waals surface area contributed by atoms with Gasteiger partial charge in [0, 0.05) is 20.6 Å². The zero-order valence-corrected chi connectivity index (χ0v) is 16.0. The molecule has 9 heteroatoms. The monoisotopic (exact) mass is 463 g/mol. The highest BCUT2D eigenvalue weighted by Crippen LogP contribution is 2.37. The summed E-state index contributed by atoms with van der Waals surface area (Å²) >= 11 is 8.95. The Bertz CT molecular complexity index is 1100. The lowest BCUT2D eigenvalue weighted by molar-refractivity contribution is -0.138. The van der Waals surface area contributed by atoms with E-state index in [1.165, 1.54) is 18.2 Å². The van der Waals surface area contributed by atoms with Crippen LogP contribution in [0.15, 0.2) is 64.0 Å². The summed E-state index contributed by atoms with van der Waals surface area (Å²) in [5.41, 5.74) is -1.18. The summed E-state index contributed by atoms with van der Waals surface area (Å²) in [5.74, 6) is 0. The SMILES string of the molecule is O=S(=O)(Nc1ccc(Br)c(C(F)(F)F)c1)c1cccc2cccc(Cl)c12. The molecule has 26 heavy (non-hydrogen) atoms. The van der Waals surface area contributed by atoms with Crippen LogP contribution in [0.3, 0.4) is 0 Å². The van der Waals surface area contributed by atoms with E-state index in [0.29, 0.717) is 10.8 Å². The highest BCUT2D eigenvalue weighted by Gasteiger charge is 2.33. The van der Waals surface area contributed by atoms with Gasteiger partial charge in [0.2, 0.25) is 0 Å². The van der Waals surface area contributed by atoms with E-state index in [4.69, 9.17) is 11.6 Å². The lowest BCUT2D eigenvalue weighted by atomic mass is 10.1. The number of nitrogens with one attached hydrogen (secondary N) is 1. The molecule has 3 rings (SSSR count). The maximum Gasteiger partial charge on any atom is 0.417 e. The Labute approximate surface area is 161 Å². The summed E-state index contributed by atoms with van der Waals surface area (Å²) < 4.78 is 66.6. The van der Waals surface area contributed by atoms with Crippen LogP contribution in [0.1, 0.15) is 5.56 Å². The van der Waals surface area contributed by atoms with Crippen LogP contribution < -0.4 is 4.72 Å². The minimum absolute atomic E-state index is 0.114. The van der Waals surface area contributed by atoms with Crippen molar-refractivity contribution in [2.75, 3.05) is 4.72 Å². The number of halogens is 5. The van der Waals surface area contributed by atoms with Crippen molar-refractivity contribution in [3.05, 3.63) is 69.7 Å². The van der Waals surface area contributed by atoms with Gasteiger partial charge < -0.3 is 0 Å². The summed E-state index contributed by atoms with van der Waals surface area (Å²) in [6.45, 7) is 0. The zero-order chi connectivity index (χ0) is 19.1. The average molecular weight is 465 g/mol. The summed E-state index contributed by atoms with van der Waals surface area (Å²) in [6.07, 6.45) is -4.62. The molecule has 136 valence electrons. The molecule has 0 aromatic heterocycles. The van der Waals surface area contributed by atoms with Crippen LogP contribution in [-0.4, -0.2) is 8.42 Å². The Morgan fingerprint density at radius 3 is 2.31 bits per heavy atom. The van der Waals surface area contributed by atoms with Crippen molar-refractivity contribution in [1.29, 1.82) is 0 Å². The number of alkyl halides is 3. The fourth-order valence-electron chi connectivity index (χ4n) is 2.50. The van der Waals surface area contributed by atoms with Gasteiger partial charge in [-0.05, 0) is 35.7 Å². The van der Waals surface area contributed by atoms with Crippen molar-refractivity contribution in [2.45, 2.75) is 11.1 Å². The molecule has 0 fully saturated rings. The third-order valence-electron chi connectivity index (χ3n) is 3.63. The van der Waals surface area contributed by atoms with Crippen molar-refractivity contribution >= 4 is 54.0 Å². The van der Waals surface area contributed by atoms with Crippen LogP contribution in [0.25, 0.3) is 10.8 Å². The third kappa shape index (κ3) is 3.67. The van der Waals surface area contributed by atoms with Gasteiger partial charge in [-0.15, -0.1) is 0 Å². The van der Waals surface area contributed by atoms with Crippen molar-refractivity contribution in [2.24, 2.45) is 0 Å². The second kappa shape index (κ2) is 6.75. The molecule has 0 bridgehead atoms. The molecular formula is C17H10BrClF3NO2S. The molecule has 3 nitrogen and oxygen atoms in total. The van der Waals surface area contributed by atoms with E-state index in [9.17, 15) is 21.6 Å². The van der Waals surface area contributed by atoms with E-state index < -0.39 is 21.8 Å². The highest BCUT2D eigenvalue weighted by molar-refractivity contribution is 9.10. The zero-order valence-electron chi connectivity index (χ0n) is 12.8. The van der Waals surface area contributed by atoms with Gasteiger partial charge in [0.15, 0.2) is 0 Å². The van der Waals surface area contributed by atoms with Crippen molar-refractivity contribution in [3.8, 4) is 0 Å². The normalized spacial score (nSPS) is 12.3. The summed E-state index contributed by atoms with van der Waals surface area (Å²) in [7, 11) is -4.15. The molecule has 0 radical (unpaired) electrons. The molecule has 0 amide bonds. The number of hydrogen-bond acceptors (Lipinski definition) is 2. The van der Waals surface area contributed by atoms with Crippen LogP contribution in [0.2, 0.25) is 5.02 Å². The van der Waals surface area contributed by atoms with Gasteiger partial charge in [0.25, 0.3) is 10.0 Å². The molecule has 0 aliphatic carbocycles. The number of anilines is 1. The smallest absolute Gasteiger partial charge is 0.280 e. The molecule has 0 aliphatic rings. The highest BCUT2D eigenvalue weighted by atomic mass is 79.9. The molecule has 0 saturated heterocycles. The van der Waals surface area contributed by atoms with Gasteiger partial charge in [-0.25, -0.2) is 8.42 Å². The first-order chi connectivity index (χ1) is 12.1. The van der Waals surface area contributed by atoms with E-state index in [1.54, 1.807) is 24.3 Å². The van der Waals surface area contributed by atoms with Crippen LogP contribution >= 0.6 is 27.5 Å². The number of hydrogen-bond donors (Lipinski definition) is 1. The van der Waals surface area contributed by atoms with Gasteiger partial charge in [-0.2, -0.15) is 13.2 Å². The van der Waals surface area contributed by atoms with Gasteiger partial charge in [0.05, 0.1) is 10.5 Å². The predicted octanol–water partition coefficient (Wildman–Crippen LogP) is 6.08. The average Bonchev–Trinajstić information content (AvgIpc) is 2.55. The molecular weight excluding hydrogens is 455 g/mol. The van der Waals surface area contributed by atoms with Crippen molar-refractivity contribution in [3.63, 3.8) is 0 Å². The number of rotatable bonds is 3. The Hall–Kier alpha value is -1.77. The number of benzene rings is 3. The Kier molecular flexibility index (Phi) is 4.94. The van der Waals surface area contributed by atoms with Crippen molar-refractivity contribution < 1.29 is 21.6 Å². The molecule has 0 spiro atoms. The molecule has 0 aliphatic heterocycles. The number of sulfonamides is 1. The summed E-state index contributed by atoms with van der Waals surface area (Å²) in [5, 5.41) is 1.14. The lowest BCUT2D eigenvalue weighted by Crippen LogP contribution is -2.15. The van der Waals surface area contributed by atoms with Crippen LogP contribution in [0.4, 0.5) is 18.9 Å². The van der Waals surface area contributed by atoms with Gasteiger partial charge >= 0.3 is 6.18 Å². The summed E-state index contributed by atoms with van der Waals surface area (Å²) in [4.78, 5) is -0.114. The predicted molar refractivity (Wildman–Crippen MR) is 98.9 cm³/mol. The number of fused-ring (bicyclic) bond motifs is 1. The minimum Gasteiger partial charge on any atom is -0.280 e. The molecule has 1 N–H and O–H groups in total. The molecule has 3 aromatic carbocycles. The molecule has 0 saturated carbocycles. The van der Waals surface area contributed by atoms with E-state index in [2.05, 4.69) is 20.7 Å². The van der Waals surface area contributed by atoms with E-state index in [0.717, 1.165) is 12.1 Å². The van der Waals surface area contributed by atoms with Crippen LogP contribution in [0, 0.1) is 0 Å². The molecule has 0 heterocycles. The van der Waals surface area contributed by atoms with Gasteiger partial charge in [-0.3, -0.25) is 4.72 Å². The standard InChI is InChI=1S/C17H10BrClF3NO2S/c18-13-8-7-11(9-12(13)17(20,21)22)23-26(24,25)15-6-2-4-10-3-1-5-14(19)16(10)15/h1-9,23H. The second-order valence-electron chi connectivity index (χ2n) is 5.39. The first-order valence-corrected chi connectivity index (χ1v) is 9.82. The minimum atomic E-state index is -4.62. The summed E-state index contributed by atoms with van der Waals surface area (Å²) in [6, 6.07) is 12.6. The van der Waals surface area contributed by atoms with Gasteiger partial charge in [-0.1, -0.05) is 51.8 Å². The van der Waals surface area contributed by atoms with Gasteiger partial charge in [0.1, 0.15) is 0 Å². The van der Waals surface area contributed by atoms with E-state index in [1.807, 2.05) is 0 Å². The van der Waals surface area contributed by atoms with Crippen molar-refractivity contribution in [1.82, 2.24) is 0 Å². The Balaban J connectivity index is 2.09.